The molecule has 1 amide bonds. The molecule has 106 valence electrons. The van der Waals surface area contributed by atoms with Crippen molar-refractivity contribution in [1.29, 1.82) is 0 Å². The van der Waals surface area contributed by atoms with Gasteiger partial charge in [0.1, 0.15) is 5.69 Å². The van der Waals surface area contributed by atoms with Gasteiger partial charge in [-0.05, 0) is 66.4 Å². The van der Waals surface area contributed by atoms with Gasteiger partial charge < -0.3 is 4.90 Å². The monoisotopic (exact) mass is 385 g/mol. The predicted octanol–water partition coefficient (Wildman–Crippen LogP) is 3.30. The van der Waals surface area contributed by atoms with E-state index in [-0.39, 0.29) is 11.9 Å². The Morgan fingerprint density at radius 2 is 2.40 bits per heavy atom. The van der Waals surface area contributed by atoms with E-state index in [2.05, 4.69) is 37.6 Å². The van der Waals surface area contributed by atoms with E-state index in [4.69, 9.17) is 5.53 Å². The number of amides is 1. The van der Waals surface area contributed by atoms with Crippen molar-refractivity contribution in [3.8, 4) is 0 Å². The van der Waals surface area contributed by atoms with E-state index < -0.39 is 0 Å². The second kappa shape index (κ2) is 6.90. The van der Waals surface area contributed by atoms with E-state index in [0.29, 0.717) is 18.8 Å². The summed E-state index contributed by atoms with van der Waals surface area (Å²) in [6, 6.07) is 3.79. The van der Waals surface area contributed by atoms with Gasteiger partial charge in [-0.25, -0.2) is 4.98 Å². The van der Waals surface area contributed by atoms with E-state index in [1.807, 2.05) is 24.0 Å². The third kappa shape index (κ3) is 3.40. The van der Waals surface area contributed by atoms with Crippen molar-refractivity contribution in [2.75, 3.05) is 13.1 Å². The van der Waals surface area contributed by atoms with Gasteiger partial charge in [0.15, 0.2) is 0 Å². The summed E-state index contributed by atoms with van der Waals surface area (Å²) in [6.45, 7) is 2.92. The Labute approximate surface area is 131 Å². The molecule has 20 heavy (non-hydrogen) atoms. The van der Waals surface area contributed by atoms with Gasteiger partial charge in [0.2, 0.25) is 0 Å². The van der Waals surface area contributed by atoms with Crippen LogP contribution < -0.4 is 0 Å². The fraction of sp³-hybridized carbons (Fsp3) is 0.538. The number of hydrogen-bond acceptors (Lipinski definition) is 3. The van der Waals surface area contributed by atoms with Crippen molar-refractivity contribution < 1.29 is 4.79 Å². The van der Waals surface area contributed by atoms with Crippen LogP contribution in [0.25, 0.3) is 10.4 Å². The molecule has 0 radical (unpaired) electrons. The number of pyridine rings is 1. The molecule has 1 aliphatic heterocycles. The van der Waals surface area contributed by atoms with Gasteiger partial charge in [0.05, 0.1) is 0 Å². The molecule has 1 aromatic rings. The lowest BCUT2D eigenvalue weighted by Crippen LogP contribution is -2.45. The van der Waals surface area contributed by atoms with Crippen LogP contribution in [0.15, 0.2) is 17.2 Å². The molecular formula is C13H16IN5O. The fourth-order valence-electron chi connectivity index (χ4n) is 2.41. The summed E-state index contributed by atoms with van der Waals surface area (Å²) < 4.78 is 0.853. The highest BCUT2D eigenvalue weighted by molar-refractivity contribution is 14.1. The molecule has 0 N–H and O–H groups in total. The summed E-state index contributed by atoms with van der Waals surface area (Å²) in [7, 11) is 0. The van der Waals surface area contributed by atoms with Crippen LogP contribution in [0.4, 0.5) is 0 Å². The minimum Gasteiger partial charge on any atom is -0.334 e. The highest BCUT2D eigenvalue weighted by Crippen LogP contribution is 2.21. The molecule has 1 aromatic heterocycles. The molecule has 0 unspecified atom stereocenters. The van der Waals surface area contributed by atoms with Gasteiger partial charge in [0.25, 0.3) is 5.91 Å². The zero-order valence-corrected chi connectivity index (χ0v) is 13.4. The number of piperidine rings is 1. The Kier molecular flexibility index (Phi) is 5.19. The normalized spacial score (nSPS) is 18.5. The zero-order chi connectivity index (χ0) is 14.5. The summed E-state index contributed by atoms with van der Waals surface area (Å²) in [5.41, 5.74) is 9.79. The number of likely N-dealkylation sites (tertiary alicyclic amines) is 1. The lowest BCUT2D eigenvalue weighted by atomic mass is 10.0. The van der Waals surface area contributed by atoms with E-state index in [9.17, 15) is 4.79 Å². The minimum absolute atomic E-state index is 0.00902. The van der Waals surface area contributed by atoms with E-state index >= 15 is 0 Å². The van der Waals surface area contributed by atoms with Crippen LogP contribution in [-0.2, 0) is 0 Å². The van der Waals surface area contributed by atoms with Gasteiger partial charge in [-0.15, -0.1) is 0 Å². The second-order valence-corrected chi connectivity index (χ2v) is 6.01. The van der Waals surface area contributed by atoms with E-state index in [1.54, 1.807) is 0 Å². The first-order valence-corrected chi connectivity index (χ1v) is 7.66. The van der Waals surface area contributed by atoms with Crippen LogP contribution in [-0.4, -0.2) is 34.9 Å². The molecule has 1 saturated heterocycles. The van der Waals surface area contributed by atoms with Crippen molar-refractivity contribution in [1.82, 2.24) is 9.88 Å². The summed E-state index contributed by atoms with van der Waals surface area (Å²) in [6.07, 6.45) is 2.93. The standard InChI is InChI=1S/C13H16IN5O/c1-9-5-6-11(14)12(17-9)13(20)19-7-3-2-4-10(19)8-16-18-15/h5-6,10H,2-4,7-8H2,1H3/t10-/m0/s1. The molecule has 0 bridgehead atoms. The number of carbonyl (C=O) groups is 1. The highest BCUT2D eigenvalue weighted by atomic mass is 127. The summed E-state index contributed by atoms with van der Waals surface area (Å²) in [4.78, 5) is 21.6. The topological polar surface area (TPSA) is 82.0 Å². The van der Waals surface area contributed by atoms with Crippen LogP contribution in [0.5, 0.6) is 0 Å². The van der Waals surface area contributed by atoms with Crippen molar-refractivity contribution >= 4 is 28.5 Å². The Bertz CT molecular complexity index is 556. The number of carbonyl (C=O) groups excluding carboxylic acids is 1. The molecule has 2 heterocycles. The first-order chi connectivity index (χ1) is 9.63. The van der Waals surface area contributed by atoms with Gasteiger partial charge in [-0.1, -0.05) is 5.11 Å². The smallest absolute Gasteiger partial charge is 0.273 e. The quantitative estimate of drug-likeness (QED) is 0.346. The predicted molar refractivity (Wildman–Crippen MR) is 84.4 cm³/mol. The lowest BCUT2D eigenvalue weighted by Gasteiger charge is -2.35. The largest absolute Gasteiger partial charge is 0.334 e. The molecule has 1 atom stereocenters. The minimum atomic E-state index is -0.0593. The molecule has 6 nitrogen and oxygen atoms in total. The van der Waals surface area contributed by atoms with Crippen LogP contribution in [0.1, 0.15) is 35.4 Å². The van der Waals surface area contributed by atoms with E-state index in [0.717, 1.165) is 28.5 Å². The molecule has 2 rings (SSSR count). The van der Waals surface area contributed by atoms with E-state index in [1.165, 1.54) is 0 Å². The number of aromatic nitrogens is 1. The maximum absolute atomic E-state index is 12.7. The summed E-state index contributed by atoms with van der Waals surface area (Å²) >= 11 is 2.13. The number of aryl methyl sites for hydroxylation is 1. The number of azide groups is 1. The Morgan fingerprint density at radius 1 is 1.60 bits per heavy atom. The third-order valence-electron chi connectivity index (χ3n) is 3.43. The number of halogens is 1. The number of rotatable bonds is 3. The molecule has 1 fully saturated rings. The Hall–Kier alpha value is -1.34. The fourth-order valence-corrected chi connectivity index (χ4v) is 2.95. The number of nitrogens with zero attached hydrogens (tertiary/aromatic N) is 5. The Morgan fingerprint density at radius 3 is 3.15 bits per heavy atom. The molecule has 0 aromatic carbocycles. The highest BCUT2D eigenvalue weighted by Gasteiger charge is 2.28. The maximum Gasteiger partial charge on any atom is 0.273 e. The van der Waals surface area contributed by atoms with Crippen molar-refractivity contribution in [3.63, 3.8) is 0 Å². The van der Waals surface area contributed by atoms with Crippen molar-refractivity contribution in [2.45, 2.75) is 32.2 Å². The first kappa shape index (κ1) is 15.1. The molecular weight excluding hydrogens is 369 g/mol. The number of hydrogen-bond donors (Lipinski definition) is 0. The van der Waals surface area contributed by atoms with Gasteiger partial charge in [-0.3, -0.25) is 4.79 Å². The van der Waals surface area contributed by atoms with Crippen LogP contribution in [0.2, 0.25) is 0 Å². The average Bonchev–Trinajstić information content (AvgIpc) is 2.47. The van der Waals surface area contributed by atoms with Gasteiger partial charge in [0, 0.05) is 33.3 Å². The van der Waals surface area contributed by atoms with Crippen LogP contribution >= 0.6 is 22.6 Å². The van der Waals surface area contributed by atoms with Crippen molar-refractivity contribution in [3.05, 3.63) is 37.5 Å². The molecule has 0 spiro atoms. The molecule has 7 heteroatoms. The second-order valence-electron chi connectivity index (χ2n) is 4.84. The van der Waals surface area contributed by atoms with Gasteiger partial charge >= 0.3 is 0 Å². The third-order valence-corrected chi connectivity index (χ3v) is 4.30. The lowest BCUT2D eigenvalue weighted by molar-refractivity contribution is 0.0616. The molecule has 0 aliphatic carbocycles. The maximum atomic E-state index is 12.7. The van der Waals surface area contributed by atoms with Crippen LogP contribution in [0.3, 0.4) is 0 Å². The zero-order valence-electron chi connectivity index (χ0n) is 11.3. The average molecular weight is 385 g/mol. The SMILES string of the molecule is Cc1ccc(I)c(C(=O)N2CCCC[C@H]2CN=[N+]=[N-])n1. The molecule has 1 aliphatic rings. The summed E-state index contributed by atoms with van der Waals surface area (Å²) in [5.74, 6) is -0.0593. The van der Waals surface area contributed by atoms with Gasteiger partial charge in [-0.2, -0.15) is 0 Å². The first-order valence-electron chi connectivity index (χ1n) is 6.58. The van der Waals surface area contributed by atoms with Crippen molar-refractivity contribution in [2.24, 2.45) is 5.11 Å². The Balaban J connectivity index is 2.24. The molecule has 0 saturated carbocycles. The summed E-state index contributed by atoms with van der Waals surface area (Å²) in [5, 5.41) is 3.63. The van der Waals surface area contributed by atoms with Crippen LogP contribution in [0, 0.1) is 10.5 Å².